The van der Waals surface area contributed by atoms with Gasteiger partial charge in [-0.15, -0.1) is 0 Å². The van der Waals surface area contributed by atoms with Crippen LogP contribution in [0.5, 0.6) is 0 Å². The maximum Gasteiger partial charge on any atom is 0.257 e. The topological polar surface area (TPSA) is 50.2 Å². The summed E-state index contributed by atoms with van der Waals surface area (Å²) in [4.78, 5) is 15.2. The summed E-state index contributed by atoms with van der Waals surface area (Å²) in [7, 11) is 1.96. The van der Waals surface area contributed by atoms with Gasteiger partial charge in [0.05, 0.1) is 11.3 Å². The lowest BCUT2D eigenvalue weighted by Gasteiger charge is -2.16. The molecule has 1 fully saturated rings. The van der Waals surface area contributed by atoms with Gasteiger partial charge in [-0.25, -0.2) is 4.68 Å². The van der Waals surface area contributed by atoms with Crippen molar-refractivity contribution in [2.24, 2.45) is 5.92 Å². The van der Waals surface area contributed by atoms with E-state index in [0.29, 0.717) is 11.5 Å². The minimum atomic E-state index is 0.0645. The van der Waals surface area contributed by atoms with Crippen molar-refractivity contribution in [2.45, 2.75) is 6.42 Å². The highest BCUT2D eigenvalue weighted by molar-refractivity contribution is 6.00. The number of hydrogen-bond donors (Lipinski definition) is 1. The van der Waals surface area contributed by atoms with Gasteiger partial charge in [0.2, 0.25) is 0 Å². The molecule has 1 aliphatic heterocycles. The summed E-state index contributed by atoms with van der Waals surface area (Å²) in [5.41, 5.74) is 3.31. The zero-order valence-electron chi connectivity index (χ0n) is 15.5. The average molecular weight is 360 g/mol. The molecule has 3 aromatic rings. The Labute approximate surface area is 159 Å². The largest absolute Gasteiger partial charge is 0.338 e. The Morgan fingerprint density at radius 1 is 1.11 bits per heavy atom. The summed E-state index contributed by atoms with van der Waals surface area (Å²) in [6.45, 7) is 2.54. The van der Waals surface area contributed by atoms with Crippen molar-refractivity contribution in [3.05, 3.63) is 72.4 Å². The molecule has 2 aromatic carbocycles. The Bertz CT molecular complexity index is 905. The van der Waals surface area contributed by atoms with Gasteiger partial charge in [-0.1, -0.05) is 48.5 Å². The maximum atomic E-state index is 13.3. The van der Waals surface area contributed by atoms with Crippen molar-refractivity contribution in [1.82, 2.24) is 20.0 Å². The van der Waals surface area contributed by atoms with Gasteiger partial charge in [0, 0.05) is 24.8 Å². The SMILES string of the molecule is CNCC1CCN(C(=O)c2cn(-c3ccccc3)nc2-c2ccccc2)C1. The van der Waals surface area contributed by atoms with Crippen molar-refractivity contribution in [2.75, 3.05) is 26.7 Å². The summed E-state index contributed by atoms with van der Waals surface area (Å²) in [5, 5.41) is 7.97. The van der Waals surface area contributed by atoms with Crippen LogP contribution >= 0.6 is 0 Å². The molecule has 0 radical (unpaired) electrons. The van der Waals surface area contributed by atoms with Crippen LogP contribution in [0.15, 0.2) is 66.9 Å². The second kappa shape index (κ2) is 7.76. The van der Waals surface area contributed by atoms with Crippen molar-refractivity contribution in [1.29, 1.82) is 0 Å². The molecular formula is C22H24N4O. The van der Waals surface area contributed by atoms with Gasteiger partial charge in [0.15, 0.2) is 0 Å². The summed E-state index contributed by atoms with van der Waals surface area (Å²) >= 11 is 0. The summed E-state index contributed by atoms with van der Waals surface area (Å²) in [6.07, 6.45) is 2.91. The number of likely N-dealkylation sites (tertiary alicyclic amines) is 1. The Morgan fingerprint density at radius 2 is 1.81 bits per heavy atom. The zero-order chi connectivity index (χ0) is 18.6. The fraction of sp³-hybridized carbons (Fsp3) is 0.273. The number of para-hydroxylation sites is 1. The second-order valence-electron chi connectivity index (χ2n) is 7.00. The number of hydrogen-bond acceptors (Lipinski definition) is 3. The Hall–Kier alpha value is -2.92. The molecule has 0 aliphatic carbocycles. The Balaban J connectivity index is 1.70. The average Bonchev–Trinajstić information content (AvgIpc) is 3.37. The predicted octanol–water partition coefficient (Wildman–Crippen LogP) is 3.22. The van der Waals surface area contributed by atoms with E-state index in [1.807, 2.05) is 78.8 Å². The van der Waals surface area contributed by atoms with E-state index < -0.39 is 0 Å². The fourth-order valence-electron chi connectivity index (χ4n) is 3.70. The molecule has 27 heavy (non-hydrogen) atoms. The van der Waals surface area contributed by atoms with E-state index >= 15 is 0 Å². The van der Waals surface area contributed by atoms with Gasteiger partial charge in [-0.3, -0.25) is 4.79 Å². The van der Waals surface area contributed by atoms with Crippen LogP contribution in [0.4, 0.5) is 0 Å². The highest BCUT2D eigenvalue weighted by Crippen LogP contribution is 2.27. The van der Waals surface area contributed by atoms with Crippen LogP contribution in [0.3, 0.4) is 0 Å². The van der Waals surface area contributed by atoms with Crippen LogP contribution in [0, 0.1) is 5.92 Å². The van der Waals surface area contributed by atoms with E-state index in [2.05, 4.69) is 5.32 Å². The van der Waals surface area contributed by atoms with Crippen molar-refractivity contribution >= 4 is 5.91 Å². The fourth-order valence-corrected chi connectivity index (χ4v) is 3.70. The van der Waals surface area contributed by atoms with Crippen LogP contribution in [-0.4, -0.2) is 47.3 Å². The van der Waals surface area contributed by atoms with Crippen LogP contribution in [0.2, 0.25) is 0 Å². The van der Waals surface area contributed by atoms with Crippen molar-refractivity contribution in [3.8, 4) is 16.9 Å². The molecule has 2 heterocycles. The maximum absolute atomic E-state index is 13.3. The molecule has 0 saturated carbocycles. The Kier molecular flexibility index (Phi) is 5.03. The quantitative estimate of drug-likeness (QED) is 0.760. The second-order valence-corrected chi connectivity index (χ2v) is 7.00. The lowest BCUT2D eigenvalue weighted by atomic mass is 10.1. The summed E-state index contributed by atoms with van der Waals surface area (Å²) in [6, 6.07) is 19.8. The van der Waals surface area contributed by atoms with Gasteiger partial charge in [0.25, 0.3) is 5.91 Å². The van der Waals surface area contributed by atoms with E-state index in [9.17, 15) is 4.79 Å². The molecule has 1 saturated heterocycles. The molecule has 0 bridgehead atoms. The third-order valence-corrected chi connectivity index (χ3v) is 5.08. The van der Waals surface area contributed by atoms with Gasteiger partial charge in [-0.2, -0.15) is 5.10 Å². The van der Waals surface area contributed by atoms with Gasteiger partial charge < -0.3 is 10.2 Å². The molecule has 1 aromatic heterocycles. The van der Waals surface area contributed by atoms with E-state index in [-0.39, 0.29) is 5.91 Å². The minimum Gasteiger partial charge on any atom is -0.338 e. The van der Waals surface area contributed by atoms with Crippen LogP contribution in [0.25, 0.3) is 16.9 Å². The smallest absolute Gasteiger partial charge is 0.257 e. The van der Waals surface area contributed by atoms with E-state index in [0.717, 1.165) is 43.0 Å². The number of rotatable bonds is 5. The first kappa shape index (κ1) is 17.5. The van der Waals surface area contributed by atoms with Crippen LogP contribution in [0.1, 0.15) is 16.8 Å². The summed E-state index contributed by atoms with van der Waals surface area (Å²) < 4.78 is 1.80. The number of benzene rings is 2. The molecule has 1 aliphatic rings. The molecule has 5 nitrogen and oxygen atoms in total. The molecule has 138 valence electrons. The first-order valence-electron chi connectivity index (χ1n) is 9.40. The van der Waals surface area contributed by atoms with E-state index in [1.54, 1.807) is 4.68 Å². The first-order valence-corrected chi connectivity index (χ1v) is 9.40. The van der Waals surface area contributed by atoms with Crippen molar-refractivity contribution < 1.29 is 4.79 Å². The van der Waals surface area contributed by atoms with E-state index in [1.165, 1.54) is 0 Å². The molecule has 1 unspecified atom stereocenters. The lowest BCUT2D eigenvalue weighted by molar-refractivity contribution is 0.0788. The third kappa shape index (κ3) is 3.64. The molecule has 5 heteroatoms. The number of aromatic nitrogens is 2. The van der Waals surface area contributed by atoms with Gasteiger partial charge in [0.1, 0.15) is 5.69 Å². The minimum absolute atomic E-state index is 0.0645. The highest BCUT2D eigenvalue weighted by Gasteiger charge is 2.29. The first-order chi connectivity index (χ1) is 13.3. The number of nitrogens with one attached hydrogen (secondary N) is 1. The number of carbonyl (C=O) groups excluding carboxylic acids is 1. The zero-order valence-corrected chi connectivity index (χ0v) is 15.5. The molecule has 4 rings (SSSR count). The highest BCUT2D eigenvalue weighted by atomic mass is 16.2. The number of carbonyl (C=O) groups is 1. The Morgan fingerprint density at radius 3 is 2.52 bits per heavy atom. The number of amides is 1. The van der Waals surface area contributed by atoms with Gasteiger partial charge in [-0.05, 0) is 38.1 Å². The molecule has 1 N–H and O–H groups in total. The van der Waals surface area contributed by atoms with Crippen LogP contribution < -0.4 is 5.32 Å². The lowest BCUT2D eigenvalue weighted by Crippen LogP contribution is -2.30. The normalized spacial score (nSPS) is 16.6. The molecule has 0 spiro atoms. The predicted molar refractivity (Wildman–Crippen MR) is 107 cm³/mol. The van der Waals surface area contributed by atoms with Crippen molar-refractivity contribution in [3.63, 3.8) is 0 Å². The van der Waals surface area contributed by atoms with Crippen LogP contribution in [-0.2, 0) is 0 Å². The van der Waals surface area contributed by atoms with E-state index in [4.69, 9.17) is 5.10 Å². The third-order valence-electron chi connectivity index (χ3n) is 5.08. The molecular weight excluding hydrogens is 336 g/mol. The van der Waals surface area contributed by atoms with Gasteiger partial charge >= 0.3 is 0 Å². The molecule has 1 atom stereocenters. The summed E-state index contributed by atoms with van der Waals surface area (Å²) in [5.74, 6) is 0.581. The monoisotopic (exact) mass is 360 g/mol. The standard InChI is InChI=1S/C22H24N4O/c1-23-14-17-12-13-25(15-17)22(27)20-16-26(19-10-6-3-7-11-19)24-21(20)18-8-4-2-5-9-18/h2-11,16-17,23H,12-15H2,1H3. The number of nitrogens with zero attached hydrogens (tertiary/aromatic N) is 3. The molecule has 1 amide bonds.